The third kappa shape index (κ3) is 6.56. The quantitative estimate of drug-likeness (QED) is 0.504. The monoisotopic (exact) mass is 499 g/mol. The van der Waals surface area contributed by atoms with Gasteiger partial charge in [-0.3, -0.25) is 19.9 Å². The third-order valence-corrected chi connectivity index (χ3v) is 6.84. The van der Waals surface area contributed by atoms with Crippen LogP contribution in [0.4, 0.5) is 4.79 Å². The lowest BCUT2D eigenvalue weighted by molar-refractivity contribution is -0.134. The van der Waals surface area contributed by atoms with E-state index in [0.717, 1.165) is 36.8 Å². The lowest BCUT2D eigenvalue weighted by Crippen LogP contribution is -2.58. The van der Waals surface area contributed by atoms with E-state index < -0.39 is 11.1 Å². The highest BCUT2D eigenvalue weighted by Gasteiger charge is 2.54. The molecule has 2 aliphatic rings. The number of likely N-dealkylation sites (tertiary alicyclic amines) is 1. The van der Waals surface area contributed by atoms with Gasteiger partial charge in [-0.25, -0.2) is 4.79 Å². The predicted octanol–water partition coefficient (Wildman–Crippen LogP) is 3.77. The predicted molar refractivity (Wildman–Crippen MR) is 138 cm³/mol. The van der Waals surface area contributed by atoms with Crippen molar-refractivity contribution in [2.75, 3.05) is 13.1 Å². The molecule has 2 fully saturated rings. The van der Waals surface area contributed by atoms with Gasteiger partial charge in [0.2, 0.25) is 5.91 Å². The van der Waals surface area contributed by atoms with Crippen molar-refractivity contribution in [2.45, 2.75) is 91.0 Å². The molecule has 3 N–H and O–H groups in total. The fraction of sp³-hybridized carbons (Fsp3) is 0.630. The Morgan fingerprint density at radius 1 is 1.22 bits per heavy atom. The highest BCUT2D eigenvalue weighted by atomic mass is 16.6. The van der Waals surface area contributed by atoms with Crippen molar-refractivity contribution in [3.05, 3.63) is 35.4 Å². The van der Waals surface area contributed by atoms with Gasteiger partial charge in [-0.2, -0.15) is 0 Å². The number of unbranched alkanes of at least 4 members (excludes halogenated alkanes) is 1. The van der Waals surface area contributed by atoms with Crippen LogP contribution in [0.5, 0.6) is 0 Å². The molecule has 1 aromatic carbocycles. The number of benzene rings is 1. The topological polar surface area (TPSA) is 115 Å². The first-order chi connectivity index (χ1) is 16.9. The van der Waals surface area contributed by atoms with Gasteiger partial charge in [-0.15, -0.1) is 0 Å². The number of nitrogens with one attached hydrogen (secondary N) is 3. The van der Waals surface area contributed by atoms with Crippen LogP contribution in [-0.4, -0.2) is 57.9 Å². The van der Waals surface area contributed by atoms with Crippen LogP contribution in [0.1, 0.15) is 77.8 Å². The first kappa shape index (κ1) is 27.5. The maximum absolute atomic E-state index is 13.9. The van der Waals surface area contributed by atoms with Crippen LogP contribution in [0.25, 0.3) is 0 Å². The number of ether oxygens (including phenoxy) is 1. The molecule has 2 unspecified atom stereocenters. The van der Waals surface area contributed by atoms with Gasteiger partial charge < -0.3 is 20.3 Å². The van der Waals surface area contributed by atoms with Gasteiger partial charge >= 0.3 is 6.09 Å². The van der Waals surface area contributed by atoms with Crippen LogP contribution in [-0.2, 0) is 27.4 Å². The number of amides is 3. The fourth-order valence-electron chi connectivity index (χ4n) is 4.97. The standard InChI is InChI=1S/C27H41N5O4/c1-6-7-14-27(22-9-8-15-31(18-22)25(35)36-26(3,4)5)23(34)32(24(28)30-27)17-21-12-10-20(11-13-21)16-29-19(2)33/h10-13,22H,6-9,14-18H2,1-5H3,(H2,28,30)(H,29,33). The largest absolute Gasteiger partial charge is 0.444 e. The number of hydrogen-bond donors (Lipinski definition) is 3. The molecule has 9 heteroatoms. The molecular weight excluding hydrogens is 458 g/mol. The van der Waals surface area contributed by atoms with Crippen molar-refractivity contribution in [1.29, 1.82) is 5.41 Å². The Morgan fingerprint density at radius 2 is 1.89 bits per heavy atom. The number of carbonyl (C=O) groups is 3. The average molecular weight is 500 g/mol. The second-order valence-corrected chi connectivity index (χ2v) is 10.9. The van der Waals surface area contributed by atoms with E-state index in [1.165, 1.54) is 11.8 Å². The molecular formula is C27H41N5O4. The second kappa shape index (κ2) is 11.3. The van der Waals surface area contributed by atoms with E-state index in [0.29, 0.717) is 32.6 Å². The molecule has 3 rings (SSSR count). The van der Waals surface area contributed by atoms with Gasteiger partial charge in [-0.1, -0.05) is 44.0 Å². The SMILES string of the molecule is CCCCC1(C2CCCN(C(=O)OC(C)(C)C)C2)NC(=N)N(Cc2ccc(CNC(C)=O)cc2)C1=O. The van der Waals surface area contributed by atoms with E-state index >= 15 is 0 Å². The van der Waals surface area contributed by atoms with Crippen LogP contribution < -0.4 is 10.6 Å². The number of nitrogens with zero attached hydrogens (tertiary/aromatic N) is 2. The molecule has 3 amide bonds. The molecule has 0 aliphatic carbocycles. The highest BCUT2D eigenvalue weighted by Crippen LogP contribution is 2.37. The molecule has 1 aromatic rings. The molecule has 0 radical (unpaired) electrons. The van der Waals surface area contributed by atoms with Crippen molar-refractivity contribution >= 4 is 23.9 Å². The molecule has 0 aromatic heterocycles. The summed E-state index contributed by atoms with van der Waals surface area (Å²) in [6.45, 7) is 10.9. The fourth-order valence-corrected chi connectivity index (χ4v) is 4.97. The van der Waals surface area contributed by atoms with E-state index in [9.17, 15) is 14.4 Å². The molecule has 0 bridgehead atoms. The minimum absolute atomic E-state index is 0.0855. The zero-order valence-electron chi connectivity index (χ0n) is 22.3. The zero-order chi connectivity index (χ0) is 26.5. The number of rotatable bonds is 8. The highest BCUT2D eigenvalue weighted by molar-refractivity contribution is 6.08. The summed E-state index contributed by atoms with van der Waals surface area (Å²) in [6, 6.07) is 7.70. The summed E-state index contributed by atoms with van der Waals surface area (Å²) in [4.78, 5) is 41.1. The van der Waals surface area contributed by atoms with Crippen LogP contribution in [0.2, 0.25) is 0 Å². The molecule has 2 atom stereocenters. The van der Waals surface area contributed by atoms with Crippen molar-refractivity contribution in [3.63, 3.8) is 0 Å². The Labute approximate surface area is 214 Å². The Hall–Kier alpha value is -3.10. The van der Waals surface area contributed by atoms with E-state index in [1.54, 1.807) is 4.90 Å². The molecule has 9 nitrogen and oxygen atoms in total. The first-order valence-corrected chi connectivity index (χ1v) is 12.9. The maximum Gasteiger partial charge on any atom is 0.410 e. The summed E-state index contributed by atoms with van der Waals surface area (Å²) in [7, 11) is 0. The average Bonchev–Trinajstić information content (AvgIpc) is 3.06. The second-order valence-electron chi connectivity index (χ2n) is 10.9. The molecule has 2 saturated heterocycles. The molecule has 36 heavy (non-hydrogen) atoms. The number of hydrogen-bond acceptors (Lipinski definition) is 5. The van der Waals surface area contributed by atoms with Crippen LogP contribution in [0.15, 0.2) is 24.3 Å². The maximum atomic E-state index is 13.9. The Balaban J connectivity index is 1.77. The summed E-state index contributed by atoms with van der Waals surface area (Å²) in [5.41, 5.74) is 0.393. The summed E-state index contributed by atoms with van der Waals surface area (Å²) in [6.07, 6.45) is 3.64. The van der Waals surface area contributed by atoms with Gasteiger partial charge in [-0.05, 0) is 51.2 Å². The molecule has 2 heterocycles. The van der Waals surface area contributed by atoms with Gasteiger partial charge in [0.05, 0.1) is 6.54 Å². The van der Waals surface area contributed by atoms with Gasteiger partial charge in [0.25, 0.3) is 5.91 Å². The van der Waals surface area contributed by atoms with Crippen LogP contribution >= 0.6 is 0 Å². The molecule has 2 aliphatic heterocycles. The summed E-state index contributed by atoms with van der Waals surface area (Å²) in [5, 5.41) is 14.7. The molecule has 198 valence electrons. The molecule has 0 saturated carbocycles. The van der Waals surface area contributed by atoms with E-state index in [1.807, 2.05) is 45.0 Å². The number of guanidine groups is 1. The zero-order valence-corrected chi connectivity index (χ0v) is 22.3. The van der Waals surface area contributed by atoms with Crippen molar-refractivity contribution in [3.8, 4) is 0 Å². The van der Waals surface area contributed by atoms with E-state index in [2.05, 4.69) is 17.6 Å². The molecule has 0 spiro atoms. The van der Waals surface area contributed by atoms with Crippen LogP contribution in [0, 0.1) is 11.3 Å². The van der Waals surface area contributed by atoms with Crippen molar-refractivity contribution < 1.29 is 19.1 Å². The smallest absolute Gasteiger partial charge is 0.410 e. The van der Waals surface area contributed by atoms with E-state index in [-0.39, 0.29) is 29.8 Å². The number of piperidine rings is 1. The van der Waals surface area contributed by atoms with Gasteiger partial charge in [0.15, 0.2) is 5.96 Å². The third-order valence-electron chi connectivity index (χ3n) is 6.84. The van der Waals surface area contributed by atoms with Crippen molar-refractivity contribution in [2.24, 2.45) is 5.92 Å². The summed E-state index contributed by atoms with van der Waals surface area (Å²) < 4.78 is 5.60. The normalized spacial score (nSPS) is 22.4. The van der Waals surface area contributed by atoms with E-state index in [4.69, 9.17) is 10.1 Å². The minimum Gasteiger partial charge on any atom is -0.444 e. The minimum atomic E-state index is -0.904. The lowest BCUT2D eigenvalue weighted by atomic mass is 9.75. The Morgan fingerprint density at radius 3 is 2.50 bits per heavy atom. The van der Waals surface area contributed by atoms with Gasteiger partial charge in [0.1, 0.15) is 11.1 Å². The Kier molecular flexibility index (Phi) is 8.63. The summed E-state index contributed by atoms with van der Waals surface area (Å²) >= 11 is 0. The number of carbonyl (C=O) groups excluding carboxylic acids is 3. The lowest BCUT2D eigenvalue weighted by Gasteiger charge is -2.42. The first-order valence-electron chi connectivity index (χ1n) is 12.9. The van der Waals surface area contributed by atoms with Gasteiger partial charge in [0, 0.05) is 32.5 Å². The summed E-state index contributed by atoms with van der Waals surface area (Å²) in [5.74, 6) is -0.187. The van der Waals surface area contributed by atoms with Crippen LogP contribution in [0.3, 0.4) is 0 Å². The van der Waals surface area contributed by atoms with Crippen molar-refractivity contribution in [1.82, 2.24) is 20.4 Å². The Bertz CT molecular complexity index is 971.